The standard InChI is InChI=1S/C10H9ClN2O2/c11-10(15)13-8-3-2-7(12)5-6(8)1-4-9(13)14/h2-3,5H,1,4,12H2. The summed E-state index contributed by atoms with van der Waals surface area (Å²) < 4.78 is 0. The Morgan fingerprint density at radius 1 is 1.40 bits per heavy atom. The normalized spacial score (nSPS) is 15.0. The highest BCUT2D eigenvalue weighted by atomic mass is 35.5. The number of hydrogen-bond donors (Lipinski definition) is 1. The molecule has 1 heterocycles. The average Bonchev–Trinajstić information content (AvgIpc) is 2.17. The third-order valence-corrected chi connectivity index (χ3v) is 2.55. The van der Waals surface area contributed by atoms with Gasteiger partial charge in [-0.2, -0.15) is 0 Å². The monoisotopic (exact) mass is 224 g/mol. The van der Waals surface area contributed by atoms with Crippen molar-refractivity contribution in [2.75, 3.05) is 10.6 Å². The lowest BCUT2D eigenvalue weighted by atomic mass is 10.0. The number of carbonyl (C=O) groups is 2. The van der Waals surface area contributed by atoms with Crippen molar-refractivity contribution in [3.63, 3.8) is 0 Å². The van der Waals surface area contributed by atoms with Gasteiger partial charge >= 0.3 is 5.37 Å². The number of rotatable bonds is 0. The maximum Gasteiger partial charge on any atom is 0.327 e. The quantitative estimate of drug-likeness (QED) is 0.416. The molecule has 0 unspecified atom stereocenters. The Hall–Kier alpha value is -1.55. The van der Waals surface area contributed by atoms with Gasteiger partial charge in [0.15, 0.2) is 0 Å². The number of aryl methyl sites for hydroxylation is 1. The summed E-state index contributed by atoms with van der Waals surface area (Å²) in [6, 6.07) is 5.04. The first kappa shape index (κ1) is 9.98. The van der Waals surface area contributed by atoms with Crippen LogP contribution in [0.15, 0.2) is 18.2 Å². The Kier molecular flexibility index (Phi) is 2.36. The summed E-state index contributed by atoms with van der Waals surface area (Å²) in [7, 11) is 0. The molecule has 5 heteroatoms. The van der Waals surface area contributed by atoms with Gasteiger partial charge in [-0.05, 0) is 41.8 Å². The van der Waals surface area contributed by atoms with Crippen molar-refractivity contribution in [2.24, 2.45) is 0 Å². The summed E-state index contributed by atoms with van der Waals surface area (Å²) in [6.45, 7) is 0. The Bertz CT molecular complexity index is 445. The fourth-order valence-corrected chi connectivity index (χ4v) is 1.89. The predicted molar refractivity (Wildman–Crippen MR) is 57.9 cm³/mol. The third-order valence-electron chi connectivity index (χ3n) is 2.38. The zero-order valence-corrected chi connectivity index (χ0v) is 8.62. The van der Waals surface area contributed by atoms with E-state index in [1.807, 2.05) is 0 Å². The van der Waals surface area contributed by atoms with Gasteiger partial charge in [-0.1, -0.05) is 0 Å². The molecule has 2 rings (SSSR count). The minimum Gasteiger partial charge on any atom is -0.399 e. The number of halogens is 1. The summed E-state index contributed by atoms with van der Waals surface area (Å²) in [5.74, 6) is -0.271. The van der Waals surface area contributed by atoms with E-state index in [-0.39, 0.29) is 12.3 Å². The topological polar surface area (TPSA) is 63.4 Å². The van der Waals surface area contributed by atoms with Crippen LogP contribution in [0.5, 0.6) is 0 Å². The van der Waals surface area contributed by atoms with E-state index in [0.717, 1.165) is 10.5 Å². The first-order valence-electron chi connectivity index (χ1n) is 4.50. The molecule has 2 amide bonds. The molecule has 0 atom stereocenters. The van der Waals surface area contributed by atoms with Crippen molar-refractivity contribution in [1.29, 1.82) is 0 Å². The molecule has 1 aromatic carbocycles. The van der Waals surface area contributed by atoms with Crippen LogP contribution in [0.25, 0.3) is 0 Å². The molecular formula is C10H9ClN2O2. The molecule has 2 N–H and O–H groups in total. The van der Waals surface area contributed by atoms with Crippen LogP contribution in [0.1, 0.15) is 12.0 Å². The number of amides is 2. The van der Waals surface area contributed by atoms with Crippen LogP contribution in [0.4, 0.5) is 16.2 Å². The molecular weight excluding hydrogens is 216 g/mol. The largest absolute Gasteiger partial charge is 0.399 e. The van der Waals surface area contributed by atoms with Gasteiger partial charge in [0.25, 0.3) is 0 Å². The third kappa shape index (κ3) is 1.68. The van der Waals surface area contributed by atoms with Crippen LogP contribution < -0.4 is 10.6 Å². The maximum absolute atomic E-state index is 11.5. The van der Waals surface area contributed by atoms with Crippen LogP contribution in [0.2, 0.25) is 0 Å². The van der Waals surface area contributed by atoms with Gasteiger partial charge < -0.3 is 5.73 Å². The molecule has 78 valence electrons. The summed E-state index contributed by atoms with van der Waals surface area (Å²) in [5, 5.41) is -0.772. The van der Waals surface area contributed by atoms with Gasteiger partial charge in [-0.3, -0.25) is 9.59 Å². The number of nitrogen functional groups attached to an aromatic ring is 1. The highest BCUT2D eigenvalue weighted by molar-refractivity contribution is 6.68. The number of benzene rings is 1. The van der Waals surface area contributed by atoms with Crippen LogP contribution in [-0.4, -0.2) is 11.3 Å². The molecule has 0 fully saturated rings. The predicted octanol–water partition coefficient (Wildman–Crippen LogP) is 1.91. The van der Waals surface area contributed by atoms with E-state index in [1.165, 1.54) is 0 Å². The average molecular weight is 225 g/mol. The van der Waals surface area contributed by atoms with Gasteiger partial charge in [-0.25, -0.2) is 4.90 Å². The minimum absolute atomic E-state index is 0.271. The zero-order valence-electron chi connectivity index (χ0n) is 7.87. The van der Waals surface area contributed by atoms with Crippen molar-refractivity contribution >= 4 is 34.2 Å². The molecule has 0 bridgehead atoms. The van der Waals surface area contributed by atoms with E-state index in [1.54, 1.807) is 18.2 Å². The summed E-state index contributed by atoms with van der Waals surface area (Å²) in [6.07, 6.45) is 0.884. The van der Waals surface area contributed by atoms with Crippen LogP contribution in [-0.2, 0) is 11.2 Å². The molecule has 0 aliphatic carbocycles. The number of nitrogens with two attached hydrogens (primary N) is 1. The van der Waals surface area contributed by atoms with Gasteiger partial charge in [0.1, 0.15) is 0 Å². The molecule has 0 saturated heterocycles. The first-order chi connectivity index (χ1) is 7.09. The Morgan fingerprint density at radius 2 is 2.13 bits per heavy atom. The van der Waals surface area contributed by atoms with Crippen LogP contribution >= 0.6 is 11.6 Å². The molecule has 4 nitrogen and oxygen atoms in total. The molecule has 0 aromatic heterocycles. The molecule has 1 aromatic rings. The molecule has 0 saturated carbocycles. The lowest BCUT2D eigenvalue weighted by Crippen LogP contribution is -2.36. The second-order valence-corrected chi connectivity index (χ2v) is 3.69. The fraction of sp³-hybridized carbons (Fsp3) is 0.200. The molecule has 1 aliphatic rings. The SMILES string of the molecule is Nc1ccc2c(c1)CCC(=O)N2C(=O)Cl. The minimum atomic E-state index is -0.772. The van der Waals surface area contributed by atoms with Gasteiger partial charge in [0, 0.05) is 12.1 Å². The smallest absolute Gasteiger partial charge is 0.327 e. The van der Waals surface area contributed by atoms with Crippen molar-refractivity contribution in [3.05, 3.63) is 23.8 Å². The summed E-state index contributed by atoms with van der Waals surface area (Å²) >= 11 is 5.35. The van der Waals surface area contributed by atoms with E-state index >= 15 is 0 Å². The molecule has 0 spiro atoms. The number of anilines is 2. The Morgan fingerprint density at radius 3 is 2.80 bits per heavy atom. The van der Waals surface area contributed by atoms with E-state index in [2.05, 4.69) is 0 Å². The molecule has 15 heavy (non-hydrogen) atoms. The van der Waals surface area contributed by atoms with Crippen molar-refractivity contribution < 1.29 is 9.59 Å². The second-order valence-electron chi connectivity index (χ2n) is 3.37. The molecule has 0 radical (unpaired) electrons. The highest BCUT2D eigenvalue weighted by Crippen LogP contribution is 2.30. The van der Waals surface area contributed by atoms with Crippen molar-refractivity contribution in [2.45, 2.75) is 12.8 Å². The van der Waals surface area contributed by atoms with Crippen molar-refractivity contribution in [1.82, 2.24) is 0 Å². The highest BCUT2D eigenvalue weighted by Gasteiger charge is 2.28. The number of imide groups is 1. The summed E-state index contributed by atoms with van der Waals surface area (Å²) in [5.41, 5.74) is 7.65. The van der Waals surface area contributed by atoms with Gasteiger partial charge in [0.05, 0.1) is 5.69 Å². The van der Waals surface area contributed by atoms with E-state index in [0.29, 0.717) is 17.8 Å². The van der Waals surface area contributed by atoms with E-state index in [9.17, 15) is 9.59 Å². The zero-order chi connectivity index (χ0) is 11.0. The van der Waals surface area contributed by atoms with Crippen LogP contribution in [0, 0.1) is 0 Å². The number of nitrogens with zero attached hydrogens (tertiary/aromatic N) is 1. The Labute approximate surface area is 91.6 Å². The lowest BCUT2D eigenvalue weighted by molar-refractivity contribution is -0.118. The van der Waals surface area contributed by atoms with Gasteiger partial charge in [-0.15, -0.1) is 0 Å². The number of hydrogen-bond acceptors (Lipinski definition) is 3. The van der Waals surface area contributed by atoms with E-state index < -0.39 is 5.37 Å². The summed E-state index contributed by atoms with van der Waals surface area (Å²) in [4.78, 5) is 23.6. The fourth-order valence-electron chi connectivity index (χ4n) is 1.70. The van der Waals surface area contributed by atoms with Gasteiger partial charge in [0.2, 0.25) is 5.91 Å². The first-order valence-corrected chi connectivity index (χ1v) is 4.88. The van der Waals surface area contributed by atoms with E-state index in [4.69, 9.17) is 17.3 Å². The Balaban J connectivity index is 2.53. The number of fused-ring (bicyclic) bond motifs is 1. The maximum atomic E-state index is 11.5. The lowest BCUT2D eigenvalue weighted by Gasteiger charge is -2.25. The van der Waals surface area contributed by atoms with Crippen LogP contribution in [0.3, 0.4) is 0 Å². The second kappa shape index (κ2) is 3.55. The molecule has 1 aliphatic heterocycles. The number of carbonyl (C=O) groups excluding carboxylic acids is 2. The van der Waals surface area contributed by atoms with Crippen molar-refractivity contribution in [3.8, 4) is 0 Å².